The Morgan fingerprint density at radius 3 is 2.19 bits per heavy atom. The van der Waals surface area contributed by atoms with Crippen LogP contribution in [0.15, 0.2) is 54.6 Å². The second kappa shape index (κ2) is 12.2. The van der Waals surface area contributed by atoms with Gasteiger partial charge in [0.1, 0.15) is 23.4 Å². The first-order valence-corrected chi connectivity index (χ1v) is 12.7. The summed E-state index contributed by atoms with van der Waals surface area (Å²) in [5.41, 5.74) is 0.548. The van der Waals surface area contributed by atoms with Gasteiger partial charge in [-0.3, -0.25) is 9.59 Å². The minimum atomic E-state index is -0.955. The lowest BCUT2D eigenvalue weighted by molar-refractivity contribution is -0.145. The molecule has 1 aliphatic carbocycles. The van der Waals surface area contributed by atoms with Crippen LogP contribution in [0, 0.1) is 0 Å². The van der Waals surface area contributed by atoms with Gasteiger partial charge in [0.15, 0.2) is 0 Å². The van der Waals surface area contributed by atoms with Crippen molar-refractivity contribution >= 4 is 36.2 Å². The van der Waals surface area contributed by atoms with Crippen molar-refractivity contribution in [3.8, 4) is 5.75 Å². The lowest BCUT2D eigenvalue weighted by Gasteiger charge is -2.43. The molecule has 3 rings (SSSR count). The van der Waals surface area contributed by atoms with Crippen molar-refractivity contribution in [2.45, 2.75) is 63.8 Å². The SMILES string of the molecule is COc1ccc(NC(=O)C(c2ccccc2)N(C(=O)C(CS)NC(=O)OC(C)(C)C)C2CCC2)cc1. The number of rotatable bonds is 9. The maximum Gasteiger partial charge on any atom is 0.408 e. The minimum absolute atomic E-state index is 0.0584. The molecule has 8 nitrogen and oxygen atoms in total. The fourth-order valence-electron chi connectivity index (χ4n) is 3.96. The number of ether oxygens (including phenoxy) is 2. The molecule has 3 amide bonds. The molecule has 0 saturated heterocycles. The number of hydrogen-bond donors (Lipinski definition) is 3. The zero-order valence-electron chi connectivity index (χ0n) is 21.2. The molecule has 9 heteroatoms. The van der Waals surface area contributed by atoms with Crippen LogP contribution in [0.4, 0.5) is 10.5 Å². The van der Waals surface area contributed by atoms with Crippen LogP contribution in [0.2, 0.25) is 0 Å². The Labute approximate surface area is 218 Å². The molecule has 2 unspecified atom stereocenters. The van der Waals surface area contributed by atoms with Gasteiger partial charge in [-0.15, -0.1) is 0 Å². The number of nitrogens with one attached hydrogen (secondary N) is 2. The van der Waals surface area contributed by atoms with E-state index < -0.39 is 23.8 Å². The Hall–Kier alpha value is -3.20. The second-order valence-corrected chi connectivity index (χ2v) is 10.1. The van der Waals surface area contributed by atoms with Crippen LogP contribution in [0.25, 0.3) is 0 Å². The summed E-state index contributed by atoms with van der Waals surface area (Å²) in [6.45, 7) is 5.25. The number of nitrogens with zero attached hydrogens (tertiary/aromatic N) is 1. The largest absolute Gasteiger partial charge is 0.497 e. The van der Waals surface area contributed by atoms with Crippen molar-refractivity contribution < 1.29 is 23.9 Å². The topological polar surface area (TPSA) is 97.0 Å². The second-order valence-electron chi connectivity index (χ2n) is 9.74. The van der Waals surface area contributed by atoms with E-state index in [0.717, 1.165) is 19.3 Å². The predicted octanol–water partition coefficient (Wildman–Crippen LogP) is 4.58. The number of thiol groups is 1. The molecule has 0 aromatic heterocycles. The van der Waals surface area contributed by atoms with Crippen molar-refractivity contribution in [3.63, 3.8) is 0 Å². The highest BCUT2D eigenvalue weighted by atomic mass is 32.1. The van der Waals surface area contributed by atoms with E-state index in [1.54, 1.807) is 57.0 Å². The summed E-state index contributed by atoms with van der Waals surface area (Å²) in [6, 6.07) is 14.2. The van der Waals surface area contributed by atoms with Gasteiger partial charge >= 0.3 is 6.09 Å². The molecule has 0 radical (unpaired) electrons. The Morgan fingerprint density at radius 1 is 1.06 bits per heavy atom. The highest BCUT2D eigenvalue weighted by Gasteiger charge is 2.41. The first-order valence-electron chi connectivity index (χ1n) is 12.1. The van der Waals surface area contributed by atoms with Crippen molar-refractivity contribution in [2.75, 3.05) is 18.2 Å². The monoisotopic (exact) mass is 513 g/mol. The summed E-state index contributed by atoms with van der Waals surface area (Å²) in [5, 5.41) is 5.58. The summed E-state index contributed by atoms with van der Waals surface area (Å²) in [7, 11) is 1.57. The summed E-state index contributed by atoms with van der Waals surface area (Å²) >= 11 is 4.33. The number of anilines is 1. The predicted molar refractivity (Wildman–Crippen MR) is 142 cm³/mol. The molecule has 1 fully saturated rings. The van der Waals surface area contributed by atoms with E-state index in [2.05, 4.69) is 23.3 Å². The highest BCUT2D eigenvalue weighted by Crippen LogP contribution is 2.34. The fraction of sp³-hybridized carbons (Fsp3) is 0.444. The quantitative estimate of drug-likeness (QED) is 0.427. The number of carbonyl (C=O) groups excluding carboxylic acids is 3. The number of alkyl carbamates (subject to hydrolysis) is 1. The average Bonchev–Trinajstić information content (AvgIpc) is 2.80. The van der Waals surface area contributed by atoms with E-state index in [1.807, 2.05) is 30.3 Å². The zero-order chi connectivity index (χ0) is 26.3. The summed E-state index contributed by atoms with van der Waals surface area (Å²) < 4.78 is 10.5. The van der Waals surface area contributed by atoms with Gasteiger partial charge in [0.25, 0.3) is 5.91 Å². The maximum atomic E-state index is 13.9. The average molecular weight is 514 g/mol. The minimum Gasteiger partial charge on any atom is -0.497 e. The van der Waals surface area contributed by atoms with Gasteiger partial charge in [-0.05, 0) is 69.9 Å². The molecule has 2 aromatic rings. The molecular weight excluding hydrogens is 478 g/mol. The summed E-state index contributed by atoms with van der Waals surface area (Å²) in [4.78, 5) is 41.6. The van der Waals surface area contributed by atoms with Gasteiger partial charge in [0.2, 0.25) is 5.91 Å². The first kappa shape index (κ1) is 27.4. The molecule has 0 bridgehead atoms. The van der Waals surface area contributed by atoms with E-state index in [-0.39, 0.29) is 23.6 Å². The van der Waals surface area contributed by atoms with E-state index in [4.69, 9.17) is 9.47 Å². The molecule has 0 heterocycles. The van der Waals surface area contributed by atoms with Gasteiger partial charge in [-0.1, -0.05) is 30.3 Å². The van der Waals surface area contributed by atoms with Crippen LogP contribution < -0.4 is 15.4 Å². The maximum absolute atomic E-state index is 13.9. The molecular formula is C27H35N3O5S. The van der Waals surface area contributed by atoms with E-state index in [0.29, 0.717) is 17.0 Å². The number of benzene rings is 2. The third-order valence-corrected chi connectivity index (χ3v) is 6.26. The number of hydrogen-bond acceptors (Lipinski definition) is 6. The number of methoxy groups -OCH3 is 1. The van der Waals surface area contributed by atoms with Crippen LogP contribution in [-0.2, 0) is 14.3 Å². The van der Waals surface area contributed by atoms with Crippen LogP contribution in [0.3, 0.4) is 0 Å². The molecule has 0 spiro atoms. The molecule has 36 heavy (non-hydrogen) atoms. The van der Waals surface area contributed by atoms with Crippen LogP contribution >= 0.6 is 12.6 Å². The van der Waals surface area contributed by atoms with Gasteiger partial charge in [0.05, 0.1) is 7.11 Å². The lowest BCUT2D eigenvalue weighted by atomic mass is 9.88. The molecule has 2 atom stereocenters. The third kappa shape index (κ3) is 7.16. The fourth-order valence-corrected chi connectivity index (χ4v) is 4.20. The standard InChI is InChI=1S/C27H35N3O5S/c1-27(2,3)35-26(33)29-22(17-36)25(32)30(20-11-8-12-20)23(18-9-6-5-7-10-18)24(31)28-19-13-15-21(34-4)16-14-19/h5-7,9-10,13-16,20,22-23,36H,8,11-12,17H2,1-4H3,(H,28,31)(H,29,33). The Balaban J connectivity index is 1.92. The Morgan fingerprint density at radius 2 is 1.69 bits per heavy atom. The number of amides is 3. The summed E-state index contributed by atoms with van der Waals surface area (Å²) in [6.07, 6.45) is 1.80. The van der Waals surface area contributed by atoms with Crippen LogP contribution in [0.5, 0.6) is 5.75 Å². The number of carbonyl (C=O) groups is 3. The van der Waals surface area contributed by atoms with Crippen LogP contribution in [-0.4, -0.2) is 53.4 Å². The van der Waals surface area contributed by atoms with E-state index in [1.165, 1.54) is 0 Å². The van der Waals surface area contributed by atoms with Crippen molar-refractivity contribution in [1.29, 1.82) is 0 Å². The molecule has 2 aromatic carbocycles. The van der Waals surface area contributed by atoms with Crippen LogP contribution in [0.1, 0.15) is 51.6 Å². The van der Waals surface area contributed by atoms with Gasteiger partial charge in [-0.25, -0.2) is 4.79 Å². The third-order valence-electron chi connectivity index (χ3n) is 5.89. The van der Waals surface area contributed by atoms with E-state index >= 15 is 0 Å². The molecule has 2 N–H and O–H groups in total. The van der Waals surface area contributed by atoms with Gasteiger partial charge in [0, 0.05) is 17.5 Å². The van der Waals surface area contributed by atoms with Gasteiger partial charge in [-0.2, -0.15) is 12.6 Å². The molecule has 1 saturated carbocycles. The Kier molecular flexibility index (Phi) is 9.25. The summed E-state index contributed by atoms with van der Waals surface area (Å²) in [5.74, 6) is 0.00734. The first-order chi connectivity index (χ1) is 17.1. The molecule has 194 valence electrons. The Bertz CT molecular complexity index is 1040. The van der Waals surface area contributed by atoms with Crippen molar-refractivity contribution in [1.82, 2.24) is 10.2 Å². The van der Waals surface area contributed by atoms with Crippen molar-refractivity contribution in [2.24, 2.45) is 0 Å². The van der Waals surface area contributed by atoms with E-state index in [9.17, 15) is 14.4 Å². The van der Waals surface area contributed by atoms with Gasteiger partial charge < -0.3 is 25.0 Å². The normalized spacial score (nSPS) is 15.1. The lowest BCUT2D eigenvalue weighted by Crippen LogP contribution is -2.57. The molecule has 0 aliphatic heterocycles. The zero-order valence-corrected chi connectivity index (χ0v) is 22.1. The highest BCUT2D eigenvalue weighted by molar-refractivity contribution is 7.80. The molecule has 1 aliphatic rings. The smallest absolute Gasteiger partial charge is 0.408 e. The van der Waals surface area contributed by atoms with Crippen molar-refractivity contribution in [3.05, 3.63) is 60.2 Å².